The molecule has 0 aromatic rings. The Morgan fingerprint density at radius 3 is 2.00 bits per heavy atom. The zero-order chi connectivity index (χ0) is 15.4. The summed E-state index contributed by atoms with van der Waals surface area (Å²) in [6.07, 6.45) is 6.47. The quantitative estimate of drug-likeness (QED) is 0.624. The van der Waals surface area contributed by atoms with Crippen molar-refractivity contribution in [3.63, 3.8) is 0 Å². The van der Waals surface area contributed by atoms with E-state index in [4.69, 9.17) is 8.85 Å². The molecule has 0 N–H and O–H groups in total. The highest BCUT2D eigenvalue weighted by Gasteiger charge is 2.59. The van der Waals surface area contributed by atoms with Gasteiger partial charge in [0, 0.05) is 25.3 Å². The average molecular weight is 302 g/mol. The molecule has 120 valence electrons. The van der Waals surface area contributed by atoms with E-state index in [1.807, 2.05) is 14.2 Å². The van der Waals surface area contributed by atoms with Crippen molar-refractivity contribution in [2.24, 2.45) is 5.92 Å². The summed E-state index contributed by atoms with van der Waals surface area (Å²) in [5, 5.41) is 0.0638. The highest BCUT2D eigenvalue weighted by atomic mass is 28.4. The Morgan fingerprint density at radius 2 is 1.65 bits per heavy atom. The molecule has 4 heteroatoms. The second-order valence-electron chi connectivity index (χ2n) is 7.00. The topological polar surface area (TPSA) is 21.7 Å². The van der Waals surface area contributed by atoms with Gasteiger partial charge in [-0.05, 0) is 31.7 Å². The molecule has 0 unspecified atom stereocenters. The van der Waals surface area contributed by atoms with Crippen molar-refractivity contribution in [1.29, 1.82) is 0 Å². The Kier molecular flexibility index (Phi) is 6.70. The highest BCUT2D eigenvalue weighted by Crippen LogP contribution is 2.48. The highest BCUT2D eigenvalue weighted by molar-refractivity contribution is 6.67. The van der Waals surface area contributed by atoms with E-state index in [1.54, 1.807) is 0 Å². The third-order valence-corrected chi connectivity index (χ3v) is 10.1. The molecule has 0 heterocycles. The number of hydrogen-bond acceptors (Lipinski definition) is 3. The lowest BCUT2D eigenvalue weighted by molar-refractivity contribution is 0.0996. The van der Waals surface area contributed by atoms with Gasteiger partial charge in [-0.25, -0.2) is 0 Å². The second kappa shape index (κ2) is 7.39. The van der Waals surface area contributed by atoms with Crippen molar-refractivity contribution >= 4 is 8.72 Å². The molecular formula is C16H35NO2Si. The largest absolute Gasteiger partial charge is 0.433 e. The molecule has 1 aliphatic carbocycles. The van der Waals surface area contributed by atoms with Crippen LogP contribution < -0.4 is 0 Å². The van der Waals surface area contributed by atoms with Gasteiger partial charge in [-0.2, -0.15) is 0 Å². The van der Waals surface area contributed by atoms with Crippen molar-refractivity contribution in [2.75, 3.05) is 20.8 Å². The van der Waals surface area contributed by atoms with E-state index in [2.05, 4.69) is 39.2 Å². The maximum Gasteiger partial charge on any atom is 0.433 e. The summed E-state index contributed by atoms with van der Waals surface area (Å²) in [5.41, 5.74) is 0. The fourth-order valence-corrected chi connectivity index (χ4v) is 8.02. The zero-order valence-electron chi connectivity index (χ0n) is 14.7. The lowest BCUT2D eigenvalue weighted by Crippen LogP contribution is -2.67. The van der Waals surface area contributed by atoms with Crippen LogP contribution in [0.25, 0.3) is 0 Å². The summed E-state index contributed by atoms with van der Waals surface area (Å²) >= 11 is 0. The molecule has 0 atom stereocenters. The van der Waals surface area contributed by atoms with Gasteiger partial charge in [0.15, 0.2) is 0 Å². The fraction of sp³-hybridized carbons (Fsp3) is 1.00. The molecule has 0 spiro atoms. The SMILES string of the molecule is CCCN(C1CCCC1)[Si](OC)(OC)C(C)(C)C(C)C. The van der Waals surface area contributed by atoms with E-state index < -0.39 is 8.72 Å². The maximum atomic E-state index is 6.18. The van der Waals surface area contributed by atoms with Crippen LogP contribution in [0.5, 0.6) is 0 Å². The summed E-state index contributed by atoms with van der Waals surface area (Å²) < 4.78 is 15.0. The van der Waals surface area contributed by atoms with Crippen molar-refractivity contribution in [2.45, 2.75) is 77.8 Å². The van der Waals surface area contributed by atoms with Crippen LogP contribution in [0.4, 0.5) is 0 Å². The van der Waals surface area contributed by atoms with E-state index in [0.717, 1.165) is 13.0 Å². The molecule has 0 aromatic heterocycles. The molecule has 0 saturated heterocycles. The first-order valence-electron chi connectivity index (χ1n) is 8.24. The number of hydrogen-bond donors (Lipinski definition) is 0. The third kappa shape index (κ3) is 3.13. The monoisotopic (exact) mass is 301 g/mol. The van der Waals surface area contributed by atoms with E-state index in [0.29, 0.717) is 12.0 Å². The van der Waals surface area contributed by atoms with Gasteiger partial charge in [-0.1, -0.05) is 47.5 Å². The van der Waals surface area contributed by atoms with E-state index >= 15 is 0 Å². The van der Waals surface area contributed by atoms with Crippen LogP contribution in [-0.4, -0.2) is 40.1 Å². The molecule has 1 aliphatic rings. The Balaban J connectivity index is 3.17. The first-order chi connectivity index (χ1) is 9.37. The van der Waals surface area contributed by atoms with Crippen LogP contribution in [0.1, 0.15) is 66.7 Å². The molecule has 1 fully saturated rings. The Labute approximate surface area is 127 Å². The van der Waals surface area contributed by atoms with Crippen LogP contribution >= 0.6 is 0 Å². The lowest BCUT2D eigenvalue weighted by Gasteiger charge is -2.51. The first-order valence-corrected chi connectivity index (χ1v) is 10.0. The van der Waals surface area contributed by atoms with E-state index in [1.165, 1.54) is 25.7 Å². The predicted octanol–water partition coefficient (Wildman–Crippen LogP) is 4.31. The molecule has 1 saturated carbocycles. The molecule has 1 rings (SSSR count). The normalized spacial score (nSPS) is 18.4. The zero-order valence-corrected chi connectivity index (χ0v) is 15.7. The third-order valence-electron chi connectivity index (χ3n) is 5.42. The van der Waals surface area contributed by atoms with Crippen LogP contribution in [0.15, 0.2) is 0 Å². The van der Waals surface area contributed by atoms with Crippen molar-refractivity contribution in [3.8, 4) is 0 Å². The summed E-state index contributed by atoms with van der Waals surface area (Å²) in [7, 11) is 1.30. The summed E-state index contributed by atoms with van der Waals surface area (Å²) in [6.45, 7) is 12.6. The van der Waals surface area contributed by atoms with Gasteiger partial charge in [-0.3, -0.25) is 4.57 Å². The van der Waals surface area contributed by atoms with Gasteiger partial charge in [0.1, 0.15) is 0 Å². The van der Waals surface area contributed by atoms with Gasteiger partial charge in [0.2, 0.25) is 0 Å². The van der Waals surface area contributed by atoms with E-state index in [9.17, 15) is 0 Å². The predicted molar refractivity (Wildman–Crippen MR) is 87.9 cm³/mol. The molecule has 0 radical (unpaired) electrons. The second-order valence-corrected chi connectivity index (χ2v) is 10.8. The van der Waals surface area contributed by atoms with Gasteiger partial charge in [-0.15, -0.1) is 0 Å². The Morgan fingerprint density at radius 1 is 1.15 bits per heavy atom. The summed E-state index contributed by atoms with van der Waals surface area (Å²) in [5.74, 6) is 0.537. The smallest absolute Gasteiger partial charge is 0.386 e. The summed E-state index contributed by atoms with van der Waals surface area (Å²) in [6, 6.07) is 0.652. The molecule has 0 aromatic carbocycles. The van der Waals surface area contributed by atoms with Gasteiger partial charge >= 0.3 is 8.72 Å². The van der Waals surface area contributed by atoms with Gasteiger partial charge in [0.05, 0.1) is 0 Å². The van der Waals surface area contributed by atoms with Crippen molar-refractivity contribution < 1.29 is 8.85 Å². The maximum absolute atomic E-state index is 6.18. The minimum atomic E-state index is -2.42. The summed E-state index contributed by atoms with van der Waals surface area (Å²) in [4.78, 5) is 0. The minimum Gasteiger partial charge on any atom is -0.386 e. The Hall–Kier alpha value is 0.0969. The molecule has 0 bridgehead atoms. The fourth-order valence-electron chi connectivity index (χ4n) is 3.61. The molecular weight excluding hydrogens is 266 g/mol. The van der Waals surface area contributed by atoms with Gasteiger partial charge in [0.25, 0.3) is 0 Å². The van der Waals surface area contributed by atoms with Gasteiger partial charge < -0.3 is 8.85 Å². The molecule has 3 nitrogen and oxygen atoms in total. The average Bonchev–Trinajstić information content (AvgIpc) is 2.92. The first kappa shape index (κ1) is 18.1. The standard InChI is InChI=1S/C16H35NO2Si/c1-8-13-17(15-11-9-10-12-15)20(18-6,19-7)16(4,5)14(2)3/h14-15H,8-13H2,1-7H3. The lowest BCUT2D eigenvalue weighted by atomic mass is 9.99. The number of rotatable bonds is 8. The van der Waals surface area contributed by atoms with Crippen LogP contribution in [-0.2, 0) is 8.85 Å². The molecule has 0 amide bonds. The van der Waals surface area contributed by atoms with Crippen LogP contribution in [0.3, 0.4) is 0 Å². The molecule has 20 heavy (non-hydrogen) atoms. The van der Waals surface area contributed by atoms with E-state index in [-0.39, 0.29) is 5.04 Å². The molecule has 0 aliphatic heterocycles. The minimum absolute atomic E-state index is 0.0638. The Bertz CT molecular complexity index is 284. The van der Waals surface area contributed by atoms with Crippen molar-refractivity contribution in [1.82, 2.24) is 4.57 Å². The van der Waals surface area contributed by atoms with Crippen LogP contribution in [0.2, 0.25) is 5.04 Å². The number of nitrogens with zero attached hydrogens (tertiary/aromatic N) is 1. The van der Waals surface area contributed by atoms with Crippen molar-refractivity contribution in [3.05, 3.63) is 0 Å². The van der Waals surface area contributed by atoms with Crippen LogP contribution in [0, 0.1) is 5.92 Å².